The number of nitrogens with two attached hydrogens (primary N) is 1. The van der Waals surface area contributed by atoms with Crippen LogP contribution in [-0.4, -0.2) is 29.6 Å². The number of esters is 1. The predicted octanol–water partition coefficient (Wildman–Crippen LogP) is 0.931. The van der Waals surface area contributed by atoms with E-state index >= 15 is 0 Å². The molecule has 3 rings (SSSR count). The number of hydrogen-bond donors (Lipinski definition) is 1. The Morgan fingerprint density at radius 1 is 1.47 bits per heavy atom. The molecule has 0 aromatic rings. The van der Waals surface area contributed by atoms with E-state index in [2.05, 4.69) is 4.74 Å². The Balaban J connectivity index is 2.17. The molecule has 0 aliphatic heterocycles. The van der Waals surface area contributed by atoms with Crippen LogP contribution in [0.15, 0.2) is 0 Å². The summed E-state index contributed by atoms with van der Waals surface area (Å²) in [4.78, 5) is 22.5. The van der Waals surface area contributed by atoms with E-state index in [9.17, 15) is 22.8 Å². The van der Waals surface area contributed by atoms with Crippen LogP contribution in [-0.2, 0) is 14.3 Å². The van der Waals surface area contributed by atoms with E-state index in [0.717, 1.165) is 0 Å². The molecule has 17 heavy (non-hydrogen) atoms. The number of ether oxygens (including phenoxy) is 1. The average Bonchev–Trinajstić information content (AvgIpc) is 2.19. The molecule has 0 aromatic carbocycles. The number of halogens is 3. The van der Waals surface area contributed by atoms with Crippen molar-refractivity contribution in [3.63, 3.8) is 0 Å². The van der Waals surface area contributed by atoms with Gasteiger partial charge in [0.25, 0.3) is 0 Å². The van der Waals surface area contributed by atoms with E-state index in [1.54, 1.807) is 0 Å². The molecule has 0 heterocycles. The number of carbonyl (C=O) groups excluding carboxylic acids is 2. The Morgan fingerprint density at radius 2 is 2.12 bits per heavy atom. The number of carbonyl (C=O) groups is 2. The Hall–Kier alpha value is -1.11. The molecule has 96 valence electrons. The predicted molar refractivity (Wildman–Crippen MR) is 49.8 cm³/mol. The Kier molecular flexibility index (Phi) is 2.68. The van der Waals surface area contributed by atoms with E-state index in [1.165, 1.54) is 0 Å². The summed E-state index contributed by atoms with van der Waals surface area (Å²) in [6.45, 7) is 0. The van der Waals surface area contributed by atoms with Crippen LogP contribution in [0.5, 0.6) is 0 Å². The van der Waals surface area contributed by atoms with E-state index < -0.39 is 23.5 Å². The summed E-state index contributed by atoms with van der Waals surface area (Å²) in [6, 6.07) is -0.373. The normalized spacial score (nSPS) is 37.1. The number of fused-ring (bicyclic) bond motifs is 3. The Bertz CT molecular complexity index is 368. The number of Topliss-reactive ketones (excluding diaryl/α,β-unsaturated/α-hetero) is 1. The summed E-state index contributed by atoms with van der Waals surface area (Å²) in [7, 11) is 0. The van der Waals surface area contributed by atoms with Crippen molar-refractivity contribution in [2.75, 3.05) is 0 Å². The zero-order chi connectivity index (χ0) is 12.8. The van der Waals surface area contributed by atoms with Gasteiger partial charge in [-0.05, 0) is 18.8 Å². The van der Waals surface area contributed by atoms with Crippen molar-refractivity contribution in [3.05, 3.63) is 0 Å². The summed E-state index contributed by atoms with van der Waals surface area (Å²) >= 11 is 0. The molecule has 3 unspecified atom stereocenters. The lowest BCUT2D eigenvalue weighted by molar-refractivity contribution is -0.220. The smallest absolute Gasteiger partial charge is 0.444 e. The van der Waals surface area contributed by atoms with Crippen LogP contribution in [0.25, 0.3) is 0 Å². The molecule has 2 bridgehead atoms. The van der Waals surface area contributed by atoms with Crippen molar-refractivity contribution < 1.29 is 27.5 Å². The third kappa shape index (κ3) is 2.03. The first-order valence-electron chi connectivity index (χ1n) is 5.34. The number of alkyl halides is 3. The van der Waals surface area contributed by atoms with Gasteiger partial charge in [0, 0.05) is 18.9 Å². The third-order valence-electron chi connectivity index (χ3n) is 3.57. The van der Waals surface area contributed by atoms with Crippen LogP contribution in [0.1, 0.15) is 25.7 Å². The molecule has 3 saturated carbocycles. The summed E-state index contributed by atoms with van der Waals surface area (Å²) in [5.41, 5.74) is 4.09. The zero-order valence-corrected chi connectivity index (χ0v) is 8.92. The van der Waals surface area contributed by atoms with Gasteiger partial charge in [0.2, 0.25) is 0 Å². The largest absolute Gasteiger partial charge is 0.490 e. The molecular weight excluding hydrogens is 239 g/mol. The quantitative estimate of drug-likeness (QED) is 0.704. The number of hydrogen-bond acceptors (Lipinski definition) is 4. The summed E-state index contributed by atoms with van der Waals surface area (Å²) in [6.07, 6.45) is -4.30. The second-order valence-corrected chi connectivity index (χ2v) is 4.68. The minimum atomic E-state index is -5.08. The van der Waals surface area contributed by atoms with E-state index in [0.29, 0.717) is 6.42 Å². The van der Waals surface area contributed by atoms with Crippen molar-refractivity contribution in [2.45, 2.75) is 43.5 Å². The molecule has 3 aliphatic carbocycles. The fourth-order valence-electron chi connectivity index (χ4n) is 2.60. The standard InChI is InChI=1S/C10H12F3NO3/c11-10(12,13)8(16)17-9-2-1-5(3-7(9)15)6(14)4-9/h5-6H,1-4,14H2. The molecule has 3 atom stereocenters. The maximum atomic E-state index is 12.1. The van der Waals surface area contributed by atoms with E-state index in [1.807, 2.05) is 0 Å². The monoisotopic (exact) mass is 251 g/mol. The molecule has 7 heteroatoms. The second kappa shape index (κ2) is 3.69. The third-order valence-corrected chi connectivity index (χ3v) is 3.57. The average molecular weight is 251 g/mol. The van der Waals surface area contributed by atoms with Crippen molar-refractivity contribution in [3.8, 4) is 0 Å². The highest BCUT2D eigenvalue weighted by atomic mass is 19.4. The van der Waals surface area contributed by atoms with Gasteiger partial charge in [0.1, 0.15) is 0 Å². The first-order chi connectivity index (χ1) is 7.74. The molecule has 0 saturated heterocycles. The van der Waals surface area contributed by atoms with Crippen LogP contribution in [0, 0.1) is 5.92 Å². The minimum Gasteiger partial charge on any atom is -0.444 e. The van der Waals surface area contributed by atoms with Crippen LogP contribution >= 0.6 is 0 Å². The fourth-order valence-corrected chi connectivity index (χ4v) is 2.60. The lowest BCUT2D eigenvalue weighted by Crippen LogP contribution is -2.59. The summed E-state index contributed by atoms with van der Waals surface area (Å²) in [5, 5.41) is 0. The molecule has 0 amide bonds. The van der Waals surface area contributed by atoms with Gasteiger partial charge in [-0.2, -0.15) is 13.2 Å². The number of rotatable bonds is 1. The first kappa shape index (κ1) is 12.3. The van der Waals surface area contributed by atoms with Crippen molar-refractivity contribution in [2.24, 2.45) is 11.7 Å². The fraction of sp³-hybridized carbons (Fsp3) is 0.800. The van der Waals surface area contributed by atoms with Crippen LogP contribution < -0.4 is 5.73 Å². The van der Waals surface area contributed by atoms with Gasteiger partial charge >= 0.3 is 12.1 Å². The van der Waals surface area contributed by atoms with Gasteiger partial charge in [-0.15, -0.1) is 0 Å². The van der Waals surface area contributed by atoms with Crippen LogP contribution in [0.3, 0.4) is 0 Å². The lowest BCUT2D eigenvalue weighted by Gasteiger charge is -2.47. The maximum absolute atomic E-state index is 12.1. The van der Waals surface area contributed by atoms with Gasteiger partial charge < -0.3 is 10.5 Å². The van der Waals surface area contributed by atoms with Crippen molar-refractivity contribution in [1.29, 1.82) is 0 Å². The maximum Gasteiger partial charge on any atom is 0.490 e. The molecule has 4 nitrogen and oxygen atoms in total. The molecule has 0 aromatic heterocycles. The summed E-state index contributed by atoms with van der Waals surface area (Å²) < 4.78 is 40.8. The first-order valence-corrected chi connectivity index (χ1v) is 5.34. The highest BCUT2D eigenvalue weighted by molar-refractivity contribution is 5.92. The minimum absolute atomic E-state index is 0.00167. The van der Waals surface area contributed by atoms with Gasteiger partial charge in [-0.25, -0.2) is 4.79 Å². The molecule has 0 radical (unpaired) electrons. The topological polar surface area (TPSA) is 69.4 Å². The van der Waals surface area contributed by atoms with Gasteiger partial charge in [0.15, 0.2) is 11.4 Å². The van der Waals surface area contributed by atoms with E-state index in [-0.39, 0.29) is 31.2 Å². The SMILES string of the molecule is NC1CC2(OC(=O)C(F)(F)F)CCC1CC2=O. The highest BCUT2D eigenvalue weighted by Crippen LogP contribution is 2.44. The van der Waals surface area contributed by atoms with E-state index in [4.69, 9.17) is 5.73 Å². The van der Waals surface area contributed by atoms with Gasteiger partial charge in [0.05, 0.1) is 0 Å². The highest BCUT2D eigenvalue weighted by Gasteiger charge is 2.56. The Morgan fingerprint density at radius 3 is 2.59 bits per heavy atom. The van der Waals surface area contributed by atoms with Crippen LogP contribution in [0.4, 0.5) is 13.2 Å². The van der Waals surface area contributed by atoms with Crippen molar-refractivity contribution in [1.82, 2.24) is 0 Å². The van der Waals surface area contributed by atoms with Crippen LogP contribution in [0.2, 0.25) is 0 Å². The van der Waals surface area contributed by atoms with Crippen molar-refractivity contribution >= 4 is 11.8 Å². The van der Waals surface area contributed by atoms with Gasteiger partial charge in [-0.1, -0.05) is 0 Å². The van der Waals surface area contributed by atoms with Gasteiger partial charge in [-0.3, -0.25) is 4.79 Å². The zero-order valence-electron chi connectivity index (χ0n) is 8.92. The molecule has 3 aliphatic rings. The summed E-state index contributed by atoms with van der Waals surface area (Å²) in [5.74, 6) is -2.74. The molecule has 3 fully saturated rings. The lowest BCUT2D eigenvalue weighted by atomic mass is 9.64. The number of ketones is 1. The Labute approximate surface area is 95.3 Å². The second-order valence-electron chi connectivity index (χ2n) is 4.68. The molecular formula is C10H12F3NO3. The molecule has 2 N–H and O–H groups in total. The molecule has 0 spiro atoms.